The molecule has 5 nitrogen and oxygen atoms in total. The lowest BCUT2D eigenvalue weighted by atomic mass is 10.1. The first kappa shape index (κ1) is 13.0. The van der Waals surface area contributed by atoms with Gasteiger partial charge < -0.3 is 20.4 Å². The molecule has 2 heterocycles. The molecule has 5 heteroatoms. The number of nitrogens with one attached hydrogen (secondary N) is 1. The van der Waals surface area contributed by atoms with Gasteiger partial charge in [-0.15, -0.1) is 0 Å². The van der Waals surface area contributed by atoms with Crippen molar-refractivity contribution in [2.45, 2.75) is 45.4 Å². The lowest BCUT2D eigenvalue weighted by Gasteiger charge is -2.18. The zero-order valence-electron chi connectivity index (χ0n) is 11.1. The lowest BCUT2D eigenvalue weighted by molar-refractivity contribution is 0.0857. The standard InChI is InChI=1S/C13H21N3O2/c1-8(2)16-7-10(14)6-12(16)13(17)15-11-4-5-18-9(11)3/h6-9,11H,4-5,14H2,1-3H3,(H,15,17). The molecule has 1 aromatic rings. The van der Waals surface area contributed by atoms with Crippen LogP contribution >= 0.6 is 0 Å². The maximum absolute atomic E-state index is 12.2. The van der Waals surface area contributed by atoms with E-state index in [1.54, 1.807) is 12.3 Å². The van der Waals surface area contributed by atoms with E-state index in [0.29, 0.717) is 18.0 Å². The van der Waals surface area contributed by atoms with Gasteiger partial charge in [0.15, 0.2) is 0 Å². The second-order valence-electron chi connectivity index (χ2n) is 5.10. The first-order chi connectivity index (χ1) is 8.49. The van der Waals surface area contributed by atoms with Crippen LogP contribution in [-0.4, -0.2) is 29.2 Å². The number of anilines is 1. The Bertz CT molecular complexity index is 439. The molecule has 2 unspecified atom stereocenters. The van der Waals surface area contributed by atoms with Gasteiger partial charge in [-0.1, -0.05) is 0 Å². The summed E-state index contributed by atoms with van der Waals surface area (Å²) < 4.78 is 7.33. The molecular weight excluding hydrogens is 230 g/mol. The van der Waals surface area contributed by atoms with Crippen LogP contribution < -0.4 is 11.1 Å². The number of nitrogens with two attached hydrogens (primary N) is 1. The number of carbonyl (C=O) groups is 1. The maximum Gasteiger partial charge on any atom is 0.268 e. The summed E-state index contributed by atoms with van der Waals surface area (Å²) in [4.78, 5) is 12.2. The number of carbonyl (C=O) groups excluding carboxylic acids is 1. The van der Waals surface area contributed by atoms with Gasteiger partial charge in [-0.3, -0.25) is 4.79 Å². The summed E-state index contributed by atoms with van der Waals surface area (Å²) in [5, 5.41) is 3.01. The van der Waals surface area contributed by atoms with Crippen molar-refractivity contribution in [2.24, 2.45) is 0 Å². The molecule has 0 radical (unpaired) electrons. The number of hydrogen-bond donors (Lipinski definition) is 2. The summed E-state index contributed by atoms with van der Waals surface area (Å²) in [6.45, 7) is 6.74. The highest BCUT2D eigenvalue weighted by Gasteiger charge is 2.27. The Hall–Kier alpha value is -1.49. The highest BCUT2D eigenvalue weighted by molar-refractivity contribution is 5.94. The lowest BCUT2D eigenvalue weighted by Crippen LogP contribution is -2.40. The molecule has 0 bridgehead atoms. The minimum atomic E-state index is -0.0808. The van der Waals surface area contributed by atoms with E-state index < -0.39 is 0 Å². The second kappa shape index (κ2) is 5.02. The average Bonchev–Trinajstić information content (AvgIpc) is 2.86. The zero-order chi connectivity index (χ0) is 13.3. The van der Waals surface area contributed by atoms with Crippen LogP contribution in [0.15, 0.2) is 12.3 Å². The Morgan fingerprint density at radius 2 is 2.33 bits per heavy atom. The van der Waals surface area contributed by atoms with Gasteiger partial charge in [-0.2, -0.15) is 0 Å². The molecule has 1 aliphatic heterocycles. The summed E-state index contributed by atoms with van der Waals surface area (Å²) in [5.41, 5.74) is 6.99. The van der Waals surface area contributed by atoms with E-state index in [0.717, 1.165) is 6.42 Å². The molecule has 1 amide bonds. The molecule has 100 valence electrons. The van der Waals surface area contributed by atoms with Crippen LogP contribution in [0.1, 0.15) is 43.7 Å². The summed E-state index contributed by atoms with van der Waals surface area (Å²) in [6, 6.07) is 2.02. The highest BCUT2D eigenvalue weighted by atomic mass is 16.5. The highest BCUT2D eigenvalue weighted by Crippen LogP contribution is 2.18. The SMILES string of the molecule is CC1OCCC1NC(=O)c1cc(N)cn1C(C)C. The Morgan fingerprint density at radius 1 is 1.61 bits per heavy atom. The van der Waals surface area contributed by atoms with Crippen LogP contribution in [0.5, 0.6) is 0 Å². The van der Waals surface area contributed by atoms with Crippen LogP contribution in [0.4, 0.5) is 5.69 Å². The van der Waals surface area contributed by atoms with E-state index in [9.17, 15) is 4.79 Å². The molecule has 18 heavy (non-hydrogen) atoms. The van der Waals surface area contributed by atoms with E-state index in [4.69, 9.17) is 10.5 Å². The third-order valence-electron chi connectivity index (χ3n) is 3.35. The summed E-state index contributed by atoms with van der Waals surface area (Å²) in [6.07, 6.45) is 2.74. The fourth-order valence-electron chi connectivity index (χ4n) is 2.27. The Kier molecular flexibility index (Phi) is 3.61. The summed E-state index contributed by atoms with van der Waals surface area (Å²) in [7, 11) is 0. The van der Waals surface area contributed by atoms with Crippen molar-refractivity contribution in [3.05, 3.63) is 18.0 Å². The topological polar surface area (TPSA) is 69.3 Å². The van der Waals surface area contributed by atoms with Crippen LogP contribution in [-0.2, 0) is 4.74 Å². The van der Waals surface area contributed by atoms with Crippen molar-refractivity contribution < 1.29 is 9.53 Å². The third kappa shape index (κ3) is 2.51. The Labute approximate surface area is 107 Å². The number of rotatable bonds is 3. The van der Waals surface area contributed by atoms with Gasteiger partial charge in [0.05, 0.1) is 17.8 Å². The van der Waals surface area contributed by atoms with E-state index in [1.165, 1.54) is 0 Å². The van der Waals surface area contributed by atoms with E-state index in [-0.39, 0.29) is 24.1 Å². The maximum atomic E-state index is 12.2. The quantitative estimate of drug-likeness (QED) is 0.856. The monoisotopic (exact) mass is 251 g/mol. The Balaban J connectivity index is 2.13. The number of ether oxygens (including phenoxy) is 1. The number of amides is 1. The largest absolute Gasteiger partial charge is 0.397 e. The molecule has 1 aromatic heterocycles. The molecule has 0 aromatic carbocycles. The van der Waals surface area contributed by atoms with Gasteiger partial charge in [0.2, 0.25) is 0 Å². The summed E-state index contributed by atoms with van der Waals surface area (Å²) in [5.74, 6) is -0.0808. The molecular formula is C13H21N3O2. The zero-order valence-corrected chi connectivity index (χ0v) is 11.1. The molecule has 2 rings (SSSR count). The van der Waals surface area contributed by atoms with Crippen LogP contribution in [0.3, 0.4) is 0 Å². The molecule has 0 aliphatic carbocycles. The van der Waals surface area contributed by atoms with Crippen molar-refractivity contribution in [3.63, 3.8) is 0 Å². The fraction of sp³-hybridized carbons (Fsp3) is 0.615. The molecule has 1 saturated heterocycles. The number of aromatic nitrogens is 1. The van der Waals surface area contributed by atoms with Gasteiger partial charge in [0.1, 0.15) is 5.69 Å². The van der Waals surface area contributed by atoms with E-state index >= 15 is 0 Å². The second-order valence-corrected chi connectivity index (χ2v) is 5.10. The minimum absolute atomic E-state index is 0.0776. The van der Waals surface area contributed by atoms with E-state index in [1.807, 2.05) is 25.3 Å². The van der Waals surface area contributed by atoms with Crippen LogP contribution in [0.2, 0.25) is 0 Å². The van der Waals surface area contributed by atoms with Gasteiger partial charge in [-0.05, 0) is 33.3 Å². The molecule has 1 aliphatic rings. The predicted octanol–water partition coefficient (Wildman–Crippen LogP) is 1.56. The Morgan fingerprint density at radius 3 is 2.89 bits per heavy atom. The smallest absolute Gasteiger partial charge is 0.268 e. The molecule has 0 saturated carbocycles. The molecule has 2 atom stereocenters. The van der Waals surface area contributed by atoms with Gasteiger partial charge in [-0.25, -0.2) is 0 Å². The van der Waals surface area contributed by atoms with Gasteiger partial charge in [0.25, 0.3) is 5.91 Å². The minimum Gasteiger partial charge on any atom is -0.397 e. The third-order valence-corrected chi connectivity index (χ3v) is 3.35. The van der Waals surface area contributed by atoms with Crippen molar-refractivity contribution in [1.82, 2.24) is 9.88 Å². The average molecular weight is 251 g/mol. The van der Waals surface area contributed by atoms with Crippen molar-refractivity contribution in [1.29, 1.82) is 0 Å². The molecule has 3 N–H and O–H groups in total. The van der Waals surface area contributed by atoms with E-state index in [2.05, 4.69) is 5.32 Å². The first-order valence-corrected chi connectivity index (χ1v) is 6.39. The first-order valence-electron chi connectivity index (χ1n) is 6.39. The molecule has 0 spiro atoms. The number of hydrogen-bond acceptors (Lipinski definition) is 3. The van der Waals surface area contributed by atoms with Crippen LogP contribution in [0.25, 0.3) is 0 Å². The normalized spacial score (nSPS) is 23.6. The summed E-state index contributed by atoms with van der Waals surface area (Å²) >= 11 is 0. The molecule has 1 fully saturated rings. The predicted molar refractivity (Wildman–Crippen MR) is 70.5 cm³/mol. The van der Waals surface area contributed by atoms with Crippen molar-refractivity contribution in [2.75, 3.05) is 12.3 Å². The van der Waals surface area contributed by atoms with Gasteiger partial charge >= 0.3 is 0 Å². The fourth-order valence-corrected chi connectivity index (χ4v) is 2.27. The van der Waals surface area contributed by atoms with Gasteiger partial charge in [0, 0.05) is 18.8 Å². The van der Waals surface area contributed by atoms with Crippen molar-refractivity contribution >= 4 is 11.6 Å². The van der Waals surface area contributed by atoms with Crippen LogP contribution in [0, 0.1) is 0 Å². The van der Waals surface area contributed by atoms with Crippen molar-refractivity contribution in [3.8, 4) is 0 Å². The number of nitrogen functional groups attached to an aromatic ring is 1. The number of nitrogens with zero attached hydrogens (tertiary/aromatic N) is 1.